The summed E-state index contributed by atoms with van der Waals surface area (Å²) in [6.45, 7) is 4.26. The average Bonchev–Trinajstić information content (AvgIpc) is 3.11. The van der Waals surface area contributed by atoms with E-state index in [1.807, 2.05) is 23.6 Å². The Hall–Kier alpha value is -2.62. The molecule has 8 nitrogen and oxygen atoms in total. The van der Waals surface area contributed by atoms with Crippen molar-refractivity contribution < 1.29 is 9.72 Å². The number of halogens is 2. The lowest BCUT2D eigenvalue weighted by Crippen LogP contribution is -2.23. The van der Waals surface area contributed by atoms with Gasteiger partial charge in [0.1, 0.15) is 0 Å². The summed E-state index contributed by atoms with van der Waals surface area (Å²) in [6, 6.07) is 11.2. The summed E-state index contributed by atoms with van der Waals surface area (Å²) in [5, 5.41) is 22.9. The monoisotopic (exact) mass is 465 g/mol. The van der Waals surface area contributed by atoms with Gasteiger partial charge in [-0.25, -0.2) is 0 Å². The van der Waals surface area contributed by atoms with E-state index in [2.05, 4.69) is 15.5 Å². The zero-order valence-electron chi connectivity index (χ0n) is 16.0. The molecule has 3 rings (SSSR count). The Morgan fingerprint density at radius 3 is 2.70 bits per heavy atom. The van der Waals surface area contributed by atoms with Gasteiger partial charge in [0, 0.05) is 29.3 Å². The van der Waals surface area contributed by atoms with Crippen LogP contribution in [0.4, 0.5) is 11.4 Å². The molecule has 0 aliphatic carbocycles. The minimum atomic E-state index is -0.554. The first kappa shape index (κ1) is 22.1. The van der Waals surface area contributed by atoms with E-state index in [4.69, 9.17) is 23.2 Å². The number of carbonyl (C=O) groups is 1. The standard InChI is InChI=1S/C19H17Cl2N5O3S/c1-3-25-17(12-5-4-6-13(20)9-12)23-24-19(25)30-11(2)18(27)22-16-10-14(26(28)29)7-8-15(16)21/h4-11H,3H2,1-2H3,(H,22,27). The van der Waals surface area contributed by atoms with Crippen LogP contribution >= 0.6 is 35.0 Å². The summed E-state index contributed by atoms with van der Waals surface area (Å²) in [5.74, 6) is 0.286. The van der Waals surface area contributed by atoms with Crippen LogP contribution in [0.25, 0.3) is 11.4 Å². The van der Waals surface area contributed by atoms with Crippen LogP contribution in [-0.2, 0) is 11.3 Å². The van der Waals surface area contributed by atoms with E-state index >= 15 is 0 Å². The first-order valence-corrected chi connectivity index (χ1v) is 10.5. The summed E-state index contributed by atoms with van der Waals surface area (Å²) >= 11 is 13.4. The van der Waals surface area contributed by atoms with Crippen molar-refractivity contribution in [1.29, 1.82) is 0 Å². The van der Waals surface area contributed by atoms with Gasteiger partial charge in [0.15, 0.2) is 11.0 Å². The number of nitro groups is 1. The summed E-state index contributed by atoms with van der Waals surface area (Å²) in [5.41, 5.74) is 0.843. The summed E-state index contributed by atoms with van der Waals surface area (Å²) in [6.07, 6.45) is 0. The molecule has 0 saturated carbocycles. The summed E-state index contributed by atoms with van der Waals surface area (Å²) in [4.78, 5) is 23.0. The Balaban J connectivity index is 1.78. The predicted molar refractivity (Wildman–Crippen MR) is 118 cm³/mol. The number of nitrogens with one attached hydrogen (secondary N) is 1. The third-order valence-electron chi connectivity index (χ3n) is 4.19. The number of hydrogen-bond acceptors (Lipinski definition) is 6. The van der Waals surface area contributed by atoms with Crippen molar-refractivity contribution in [3.8, 4) is 11.4 Å². The number of nitro benzene ring substituents is 1. The van der Waals surface area contributed by atoms with E-state index in [9.17, 15) is 14.9 Å². The molecule has 0 aliphatic heterocycles. The number of non-ortho nitro benzene ring substituents is 1. The lowest BCUT2D eigenvalue weighted by Gasteiger charge is -2.13. The van der Waals surface area contributed by atoms with Gasteiger partial charge >= 0.3 is 0 Å². The van der Waals surface area contributed by atoms with Crippen molar-refractivity contribution in [1.82, 2.24) is 14.8 Å². The summed E-state index contributed by atoms with van der Waals surface area (Å²) in [7, 11) is 0. The van der Waals surface area contributed by atoms with Gasteiger partial charge in [-0.15, -0.1) is 10.2 Å². The van der Waals surface area contributed by atoms with Crippen LogP contribution in [0.1, 0.15) is 13.8 Å². The number of thioether (sulfide) groups is 1. The highest BCUT2D eigenvalue weighted by Crippen LogP contribution is 2.30. The minimum Gasteiger partial charge on any atom is -0.324 e. The fourth-order valence-corrected chi connectivity index (χ4v) is 3.94. The Morgan fingerprint density at radius 2 is 2.03 bits per heavy atom. The Kier molecular flexibility index (Phi) is 6.96. The molecule has 30 heavy (non-hydrogen) atoms. The number of nitrogens with zero attached hydrogens (tertiary/aromatic N) is 4. The Morgan fingerprint density at radius 1 is 1.27 bits per heavy atom. The number of aromatic nitrogens is 3. The van der Waals surface area contributed by atoms with Crippen LogP contribution in [0.2, 0.25) is 10.0 Å². The van der Waals surface area contributed by atoms with Crippen LogP contribution in [0, 0.1) is 10.1 Å². The quantitative estimate of drug-likeness (QED) is 0.288. The lowest BCUT2D eigenvalue weighted by molar-refractivity contribution is -0.384. The number of hydrogen-bond donors (Lipinski definition) is 1. The van der Waals surface area contributed by atoms with Crippen LogP contribution in [-0.4, -0.2) is 30.8 Å². The highest BCUT2D eigenvalue weighted by molar-refractivity contribution is 8.00. The third-order valence-corrected chi connectivity index (χ3v) is 5.83. The largest absolute Gasteiger partial charge is 0.324 e. The molecule has 0 fully saturated rings. The number of amides is 1. The van der Waals surface area contributed by atoms with Crippen molar-refractivity contribution >= 4 is 52.2 Å². The van der Waals surface area contributed by atoms with Crippen LogP contribution in [0.3, 0.4) is 0 Å². The fraction of sp³-hybridized carbons (Fsp3) is 0.211. The van der Waals surface area contributed by atoms with Gasteiger partial charge in [-0.2, -0.15) is 0 Å². The van der Waals surface area contributed by atoms with Crippen molar-refractivity contribution in [3.63, 3.8) is 0 Å². The molecule has 0 spiro atoms. The molecule has 156 valence electrons. The van der Waals surface area contributed by atoms with Crippen molar-refractivity contribution in [3.05, 3.63) is 62.6 Å². The number of rotatable bonds is 7. The fourth-order valence-electron chi connectivity index (χ4n) is 2.67. The van der Waals surface area contributed by atoms with Crippen LogP contribution in [0.15, 0.2) is 47.6 Å². The first-order valence-electron chi connectivity index (χ1n) is 8.90. The molecular formula is C19H17Cl2N5O3S. The molecule has 0 saturated heterocycles. The molecule has 0 bridgehead atoms. The average molecular weight is 466 g/mol. The molecular weight excluding hydrogens is 449 g/mol. The molecule has 1 atom stereocenters. The predicted octanol–water partition coefficient (Wildman–Crippen LogP) is 5.30. The third kappa shape index (κ3) is 4.92. The number of benzene rings is 2. The number of anilines is 1. The maximum Gasteiger partial charge on any atom is 0.271 e. The highest BCUT2D eigenvalue weighted by atomic mass is 35.5. The Labute approximate surface area is 186 Å². The second kappa shape index (κ2) is 9.46. The van der Waals surface area contributed by atoms with Gasteiger partial charge in [-0.05, 0) is 32.0 Å². The van der Waals surface area contributed by atoms with E-state index in [0.717, 1.165) is 5.56 Å². The van der Waals surface area contributed by atoms with Crippen molar-refractivity contribution in [2.24, 2.45) is 0 Å². The SMILES string of the molecule is CCn1c(SC(C)C(=O)Nc2cc([N+](=O)[O-])ccc2Cl)nnc1-c1cccc(Cl)c1. The van der Waals surface area contributed by atoms with Gasteiger partial charge < -0.3 is 9.88 Å². The molecule has 2 aromatic carbocycles. The van der Waals surface area contributed by atoms with Crippen LogP contribution in [0.5, 0.6) is 0 Å². The summed E-state index contributed by atoms with van der Waals surface area (Å²) < 4.78 is 1.89. The molecule has 1 N–H and O–H groups in total. The molecule has 1 amide bonds. The maximum absolute atomic E-state index is 12.6. The van der Waals surface area contributed by atoms with Gasteiger partial charge in [-0.3, -0.25) is 14.9 Å². The van der Waals surface area contributed by atoms with Gasteiger partial charge in [0.25, 0.3) is 5.69 Å². The number of carbonyl (C=O) groups excluding carboxylic acids is 1. The van der Waals surface area contributed by atoms with E-state index in [1.54, 1.807) is 19.1 Å². The maximum atomic E-state index is 12.6. The first-order chi connectivity index (χ1) is 14.3. The topological polar surface area (TPSA) is 103 Å². The van der Waals surface area contributed by atoms with E-state index < -0.39 is 10.2 Å². The minimum absolute atomic E-state index is 0.160. The molecule has 3 aromatic rings. The smallest absolute Gasteiger partial charge is 0.271 e. The second-order valence-corrected chi connectivity index (χ2v) is 8.38. The molecule has 11 heteroatoms. The second-order valence-electron chi connectivity index (χ2n) is 6.23. The zero-order valence-corrected chi connectivity index (χ0v) is 18.3. The van der Waals surface area contributed by atoms with Gasteiger partial charge in [0.2, 0.25) is 5.91 Å². The van der Waals surface area contributed by atoms with Gasteiger partial charge in [-0.1, -0.05) is 47.1 Å². The van der Waals surface area contributed by atoms with Crippen molar-refractivity contribution in [2.45, 2.75) is 30.8 Å². The molecule has 1 heterocycles. The van der Waals surface area contributed by atoms with Crippen LogP contribution < -0.4 is 5.32 Å². The van der Waals surface area contributed by atoms with Gasteiger partial charge in [0.05, 0.1) is 20.9 Å². The van der Waals surface area contributed by atoms with Crippen molar-refractivity contribution in [2.75, 3.05) is 5.32 Å². The zero-order chi connectivity index (χ0) is 21.8. The lowest BCUT2D eigenvalue weighted by atomic mass is 10.2. The van der Waals surface area contributed by atoms with E-state index in [-0.39, 0.29) is 22.3 Å². The normalized spacial score (nSPS) is 11.9. The molecule has 0 radical (unpaired) electrons. The Bertz CT molecular complexity index is 1110. The highest BCUT2D eigenvalue weighted by Gasteiger charge is 2.22. The van der Waals surface area contributed by atoms with E-state index in [0.29, 0.717) is 22.5 Å². The molecule has 0 aliphatic rings. The molecule has 1 aromatic heterocycles. The molecule has 1 unspecified atom stereocenters. The van der Waals surface area contributed by atoms with E-state index in [1.165, 1.54) is 30.0 Å².